The van der Waals surface area contributed by atoms with Gasteiger partial charge in [0.15, 0.2) is 0 Å². The van der Waals surface area contributed by atoms with Crippen LogP contribution in [0.4, 0.5) is 10.1 Å². The maximum Gasteiger partial charge on any atom is 0.217 e. The Morgan fingerprint density at radius 2 is 2.10 bits per heavy atom. The summed E-state index contributed by atoms with van der Waals surface area (Å²) in [5, 5.41) is 5.94. The number of nitrogens with one attached hydrogen (secondary N) is 2. The number of carbonyl (C=O) groups excluding carboxylic acids is 1. The van der Waals surface area contributed by atoms with Crippen LogP contribution in [0.3, 0.4) is 0 Å². The second-order valence-corrected chi connectivity index (χ2v) is 5.28. The molecule has 0 aromatic heterocycles. The van der Waals surface area contributed by atoms with Gasteiger partial charge in [-0.25, -0.2) is 4.39 Å². The molecule has 2 rings (SSSR count). The van der Waals surface area contributed by atoms with Crippen LogP contribution in [0, 0.1) is 5.82 Å². The molecule has 0 radical (unpaired) electrons. The van der Waals surface area contributed by atoms with E-state index in [0.29, 0.717) is 12.2 Å². The van der Waals surface area contributed by atoms with Gasteiger partial charge in [-0.2, -0.15) is 0 Å². The molecule has 1 heterocycles. The Bertz CT molecular complexity index is 470. The van der Waals surface area contributed by atoms with Crippen molar-refractivity contribution < 1.29 is 9.18 Å². The van der Waals surface area contributed by atoms with Gasteiger partial charge >= 0.3 is 0 Å². The molecule has 1 aliphatic rings. The zero-order valence-electron chi connectivity index (χ0n) is 12.1. The lowest BCUT2D eigenvalue weighted by atomic mass is 10.0. The Balaban J connectivity index is 1.98. The zero-order valence-corrected chi connectivity index (χ0v) is 12.1. The summed E-state index contributed by atoms with van der Waals surface area (Å²) < 4.78 is 14.1. The smallest absolute Gasteiger partial charge is 0.217 e. The van der Waals surface area contributed by atoms with Gasteiger partial charge in [0, 0.05) is 32.6 Å². The molecule has 1 amide bonds. The van der Waals surface area contributed by atoms with E-state index in [1.807, 2.05) is 19.2 Å². The molecule has 20 heavy (non-hydrogen) atoms. The van der Waals surface area contributed by atoms with Gasteiger partial charge in [-0.3, -0.25) is 4.79 Å². The average Bonchev–Trinajstić information content (AvgIpc) is 2.40. The van der Waals surface area contributed by atoms with Crippen molar-refractivity contribution in [1.29, 1.82) is 0 Å². The number of hydrogen-bond acceptors (Lipinski definition) is 3. The van der Waals surface area contributed by atoms with E-state index in [1.54, 1.807) is 6.07 Å². The number of hydrogen-bond donors (Lipinski definition) is 2. The molecule has 1 fully saturated rings. The molecule has 2 N–H and O–H groups in total. The van der Waals surface area contributed by atoms with Crippen LogP contribution in [0.25, 0.3) is 0 Å². The lowest BCUT2D eigenvalue weighted by Crippen LogP contribution is -2.44. The minimum absolute atomic E-state index is 0.00560. The van der Waals surface area contributed by atoms with Gasteiger partial charge in [0.05, 0.1) is 5.69 Å². The van der Waals surface area contributed by atoms with Crippen molar-refractivity contribution in [3.05, 3.63) is 29.6 Å². The van der Waals surface area contributed by atoms with E-state index < -0.39 is 0 Å². The van der Waals surface area contributed by atoms with E-state index in [2.05, 4.69) is 15.5 Å². The molecule has 1 aliphatic heterocycles. The predicted octanol–water partition coefficient (Wildman–Crippen LogP) is 1.65. The molecule has 0 saturated carbocycles. The quantitative estimate of drug-likeness (QED) is 0.881. The lowest BCUT2D eigenvalue weighted by Gasteiger charge is -2.34. The van der Waals surface area contributed by atoms with Gasteiger partial charge in [0.25, 0.3) is 0 Å². The number of carbonyl (C=O) groups is 1. The summed E-state index contributed by atoms with van der Waals surface area (Å²) in [4.78, 5) is 13.1. The Kier molecular flexibility index (Phi) is 4.95. The van der Waals surface area contributed by atoms with Crippen molar-refractivity contribution in [1.82, 2.24) is 10.6 Å². The standard InChI is InChI=1S/C15H22FN3O/c1-11(20)18-13-5-7-19(8-6-13)15-4-3-12(10-17-2)9-14(15)16/h3-4,9,13,17H,5-8,10H2,1-2H3,(H,18,20). The highest BCUT2D eigenvalue weighted by molar-refractivity contribution is 5.73. The van der Waals surface area contributed by atoms with Crippen LogP contribution < -0.4 is 15.5 Å². The third-order valence-electron chi connectivity index (χ3n) is 3.64. The first kappa shape index (κ1) is 14.8. The molecule has 0 unspecified atom stereocenters. The summed E-state index contributed by atoms with van der Waals surface area (Å²) in [5.41, 5.74) is 1.60. The van der Waals surface area contributed by atoms with Crippen LogP contribution in [-0.4, -0.2) is 32.1 Å². The number of benzene rings is 1. The average molecular weight is 279 g/mol. The van der Waals surface area contributed by atoms with Crippen molar-refractivity contribution >= 4 is 11.6 Å². The molecule has 0 aliphatic carbocycles. The first-order chi connectivity index (χ1) is 9.60. The Labute approximate surface area is 119 Å². The minimum atomic E-state index is -0.171. The Morgan fingerprint density at radius 3 is 2.65 bits per heavy atom. The number of amides is 1. The van der Waals surface area contributed by atoms with Crippen LogP contribution >= 0.6 is 0 Å². The van der Waals surface area contributed by atoms with Crippen molar-refractivity contribution in [2.45, 2.75) is 32.4 Å². The third-order valence-corrected chi connectivity index (χ3v) is 3.64. The summed E-state index contributed by atoms with van der Waals surface area (Å²) in [7, 11) is 1.85. The van der Waals surface area contributed by atoms with E-state index in [4.69, 9.17) is 0 Å². The predicted molar refractivity (Wildman–Crippen MR) is 78.2 cm³/mol. The van der Waals surface area contributed by atoms with Crippen molar-refractivity contribution in [2.24, 2.45) is 0 Å². The van der Waals surface area contributed by atoms with Gasteiger partial charge in [0.1, 0.15) is 5.82 Å². The van der Waals surface area contributed by atoms with E-state index in [-0.39, 0.29) is 17.8 Å². The molecule has 1 saturated heterocycles. The summed E-state index contributed by atoms with van der Waals surface area (Å²) in [5.74, 6) is -0.165. The molecule has 5 heteroatoms. The monoisotopic (exact) mass is 279 g/mol. The van der Waals surface area contributed by atoms with E-state index in [1.165, 1.54) is 6.92 Å². The molecule has 0 atom stereocenters. The lowest BCUT2D eigenvalue weighted by molar-refractivity contribution is -0.119. The largest absolute Gasteiger partial charge is 0.369 e. The number of halogens is 1. The van der Waals surface area contributed by atoms with Gasteiger partial charge in [-0.05, 0) is 37.6 Å². The number of nitrogens with zero attached hydrogens (tertiary/aromatic N) is 1. The zero-order chi connectivity index (χ0) is 14.5. The van der Waals surface area contributed by atoms with Crippen LogP contribution in [0.5, 0.6) is 0 Å². The Hall–Kier alpha value is -1.62. The molecule has 0 bridgehead atoms. The highest BCUT2D eigenvalue weighted by atomic mass is 19.1. The maximum atomic E-state index is 14.1. The fourth-order valence-corrected chi connectivity index (χ4v) is 2.67. The van der Waals surface area contributed by atoms with Crippen LogP contribution in [0.15, 0.2) is 18.2 Å². The normalized spacial score (nSPS) is 16.2. The number of anilines is 1. The molecular formula is C15H22FN3O. The fraction of sp³-hybridized carbons (Fsp3) is 0.533. The second-order valence-electron chi connectivity index (χ2n) is 5.28. The third kappa shape index (κ3) is 3.70. The number of piperidine rings is 1. The molecular weight excluding hydrogens is 257 g/mol. The van der Waals surface area contributed by atoms with Crippen molar-refractivity contribution in [3.63, 3.8) is 0 Å². The molecule has 1 aromatic carbocycles. The molecule has 1 aromatic rings. The van der Waals surface area contributed by atoms with Gasteiger partial charge in [-0.1, -0.05) is 6.07 Å². The van der Waals surface area contributed by atoms with E-state index in [0.717, 1.165) is 31.5 Å². The highest BCUT2D eigenvalue weighted by Gasteiger charge is 2.21. The summed E-state index contributed by atoms with van der Waals surface area (Å²) in [6, 6.07) is 5.61. The number of rotatable bonds is 4. The second kappa shape index (κ2) is 6.70. The SMILES string of the molecule is CNCc1ccc(N2CCC(NC(C)=O)CC2)c(F)c1. The van der Waals surface area contributed by atoms with E-state index in [9.17, 15) is 9.18 Å². The summed E-state index contributed by atoms with van der Waals surface area (Å²) >= 11 is 0. The molecule has 4 nitrogen and oxygen atoms in total. The van der Waals surface area contributed by atoms with Gasteiger partial charge < -0.3 is 15.5 Å². The molecule has 110 valence electrons. The van der Waals surface area contributed by atoms with Gasteiger partial charge in [0.2, 0.25) is 5.91 Å². The summed E-state index contributed by atoms with van der Waals surface area (Å²) in [6.07, 6.45) is 1.72. The fourth-order valence-electron chi connectivity index (χ4n) is 2.67. The Morgan fingerprint density at radius 1 is 1.40 bits per heavy atom. The van der Waals surface area contributed by atoms with Crippen LogP contribution in [0.2, 0.25) is 0 Å². The minimum Gasteiger partial charge on any atom is -0.369 e. The highest BCUT2D eigenvalue weighted by Crippen LogP contribution is 2.24. The topological polar surface area (TPSA) is 44.4 Å². The van der Waals surface area contributed by atoms with Crippen molar-refractivity contribution in [2.75, 3.05) is 25.0 Å². The van der Waals surface area contributed by atoms with Gasteiger partial charge in [-0.15, -0.1) is 0 Å². The summed E-state index contributed by atoms with van der Waals surface area (Å²) in [6.45, 7) is 3.74. The first-order valence-electron chi connectivity index (χ1n) is 7.05. The van der Waals surface area contributed by atoms with E-state index >= 15 is 0 Å². The van der Waals surface area contributed by atoms with Crippen molar-refractivity contribution in [3.8, 4) is 0 Å². The first-order valence-corrected chi connectivity index (χ1v) is 7.05. The van der Waals surface area contributed by atoms with Crippen LogP contribution in [0.1, 0.15) is 25.3 Å². The molecule has 0 spiro atoms. The maximum absolute atomic E-state index is 14.1. The van der Waals surface area contributed by atoms with Crippen LogP contribution in [-0.2, 0) is 11.3 Å².